The van der Waals surface area contributed by atoms with Crippen LogP contribution in [0.4, 0.5) is 10.1 Å². The highest BCUT2D eigenvalue weighted by Gasteiger charge is 2.29. The Hall–Kier alpha value is -2.27. The summed E-state index contributed by atoms with van der Waals surface area (Å²) in [4.78, 5) is 19.0. The zero-order valence-electron chi connectivity index (χ0n) is 13.8. The standard InChI is InChI=1S/C19H22FN3O/c1-14-7-8-17(16(20)11-14)22-19(24)18-6-2-3-10-23(18)13-15-5-4-9-21-12-15/h4-5,7-9,11-12,18H,2-3,6,10,13H2,1H3,(H,22,24)/t18-/m1/s1. The topological polar surface area (TPSA) is 45.2 Å². The number of amides is 1. The van der Waals surface area contributed by atoms with E-state index in [9.17, 15) is 9.18 Å². The number of nitrogens with zero attached hydrogens (tertiary/aromatic N) is 2. The Morgan fingerprint density at radius 1 is 1.38 bits per heavy atom. The largest absolute Gasteiger partial charge is 0.322 e. The first-order valence-corrected chi connectivity index (χ1v) is 8.33. The third kappa shape index (κ3) is 3.97. The van der Waals surface area contributed by atoms with E-state index in [1.165, 1.54) is 6.07 Å². The maximum Gasteiger partial charge on any atom is 0.241 e. The highest BCUT2D eigenvalue weighted by Crippen LogP contribution is 2.22. The molecule has 1 amide bonds. The molecule has 126 valence electrons. The quantitative estimate of drug-likeness (QED) is 0.934. The highest BCUT2D eigenvalue weighted by molar-refractivity contribution is 5.95. The number of halogens is 1. The lowest BCUT2D eigenvalue weighted by atomic mass is 10.0. The van der Waals surface area contributed by atoms with Crippen molar-refractivity contribution in [2.45, 2.75) is 38.8 Å². The molecule has 2 heterocycles. The van der Waals surface area contributed by atoms with Crippen molar-refractivity contribution in [3.05, 3.63) is 59.7 Å². The summed E-state index contributed by atoms with van der Waals surface area (Å²) in [6, 6.07) is 8.53. The van der Waals surface area contributed by atoms with Crippen molar-refractivity contribution in [1.29, 1.82) is 0 Å². The summed E-state index contributed by atoms with van der Waals surface area (Å²) in [5.41, 5.74) is 2.16. The summed E-state index contributed by atoms with van der Waals surface area (Å²) < 4.78 is 14.0. The van der Waals surface area contributed by atoms with E-state index in [1.54, 1.807) is 18.3 Å². The Labute approximate surface area is 141 Å². The smallest absolute Gasteiger partial charge is 0.241 e. The van der Waals surface area contributed by atoms with Crippen LogP contribution in [0.25, 0.3) is 0 Å². The number of aryl methyl sites for hydroxylation is 1. The van der Waals surface area contributed by atoms with Crippen LogP contribution in [-0.2, 0) is 11.3 Å². The van der Waals surface area contributed by atoms with Crippen LogP contribution in [-0.4, -0.2) is 28.4 Å². The fourth-order valence-corrected chi connectivity index (χ4v) is 3.14. The molecule has 0 saturated carbocycles. The Morgan fingerprint density at radius 2 is 2.25 bits per heavy atom. The zero-order valence-corrected chi connectivity index (χ0v) is 13.8. The van der Waals surface area contributed by atoms with Crippen molar-refractivity contribution in [1.82, 2.24) is 9.88 Å². The van der Waals surface area contributed by atoms with Gasteiger partial charge in [-0.05, 0) is 55.6 Å². The van der Waals surface area contributed by atoms with Crippen LogP contribution in [0, 0.1) is 12.7 Å². The summed E-state index contributed by atoms with van der Waals surface area (Å²) >= 11 is 0. The molecule has 3 rings (SSSR count). The Balaban J connectivity index is 1.71. The third-order valence-electron chi connectivity index (χ3n) is 4.41. The van der Waals surface area contributed by atoms with E-state index in [-0.39, 0.29) is 17.6 Å². The second kappa shape index (κ2) is 7.53. The Morgan fingerprint density at radius 3 is 3.00 bits per heavy atom. The molecule has 24 heavy (non-hydrogen) atoms. The normalized spacial score (nSPS) is 18.3. The van der Waals surface area contributed by atoms with Gasteiger partial charge in [0.25, 0.3) is 0 Å². The third-order valence-corrected chi connectivity index (χ3v) is 4.41. The van der Waals surface area contributed by atoms with Crippen LogP contribution in [0.1, 0.15) is 30.4 Å². The number of hydrogen-bond donors (Lipinski definition) is 1. The van der Waals surface area contributed by atoms with E-state index >= 15 is 0 Å². The summed E-state index contributed by atoms with van der Waals surface area (Å²) in [5, 5.41) is 2.75. The molecule has 0 radical (unpaired) electrons. The minimum atomic E-state index is -0.391. The molecule has 1 N–H and O–H groups in total. The number of hydrogen-bond acceptors (Lipinski definition) is 3. The molecule has 1 aliphatic rings. The van der Waals surface area contributed by atoms with Gasteiger partial charge in [0, 0.05) is 18.9 Å². The molecule has 4 nitrogen and oxygen atoms in total. The minimum Gasteiger partial charge on any atom is -0.322 e. The maximum atomic E-state index is 14.0. The van der Waals surface area contributed by atoms with Gasteiger partial charge in [-0.3, -0.25) is 14.7 Å². The van der Waals surface area contributed by atoms with Crippen LogP contribution in [0.3, 0.4) is 0 Å². The molecule has 1 aliphatic heterocycles. The number of aromatic nitrogens is 1. The lowest BCUT2D eigenvalue weighted by Crippen LogP contribution is -2.46. The van der Waals surface area contributed by atoms with Gasteiger partial charge in [0.15, 0.2) is 0 Å². The Bertz CT molecular complexity index is 705. The summed E-state index contributed by atoms with van der Waals surface area (Å²) in [6.07, 6.45) is 6.44. The molecule has 0 bridgehead atoms. The van der Waals surface area contributed by atoms with E-state index in [1.807, 2.05) is 25.3 Å². The number of benzene rings is 1. The van der Waals surface area contributed by atoms with Gasteiger partial charge >= 0.3 is 0 Å². The molecule has 1 aromatic carbocycles. The first-order valence-electron chi connectivity index (χ1n) is 8.33. The molecule has 1 atom stereocenters. The number of pyridine rings is 1. The van der Waals surface area contributed by atoms with Gasteiger partial charge in [-0.1, -0.05) is 18.6 Å². The first-order chi connectivity index (χ1) is 11.6. The summed E-state index contributed by atoms with van der Waals surface area (Å²) in [6.45, 7) is 3.37. The van der Waals surface area contributed by atoms with E-state index in [0.717, 1.165) is 36.9 Å². The number of nitrogens with one attached hydrogen (secondary N) is 1. The van der Waals surface area contributed by atoms with Crippen molar-refractivity contribution in [2.75, 3.05) is 11.9 Å². The fourth-order valence-electron chi connectivity index (χ4n) is 3.14. The van der Waals surface area contributed by atoms with E-state index in [2.05, 4.69) is 15.2 Å². The second-order valence-corrected chi connectivity index (χ2v) is 6.32. The van der Waals surface area contributed by atoms with Crippen LogP contribution in [0.15, 0.2) is 42.7 Å². The average molecular weight is 327 g/mol. The molecule has 1 saturated heterocycles. The fraction of sp³-hybridized carbons (Fsp3) is 0.368. The van der Waals surface area contributed by atoms with Crippen molar-refractivity contribution in [3.63, 3.8) is 0 Å². The predicted octanol–water partition coefficient (Wildman–Crippen LogP) is 3.52. The van der Waals surface area contributed by atoms with Gasteiger partial charge in [0.05, 0.1) is 11.7 Å². The molecule has 5 heteroatoms. The summed E-state index contributed by atoms with van der Waals surface area (Å²) in [5.74, 6) is -0.528. The molecule has 0 spiro atoms. The lowest BCUT2D eigenvalue weighted by molar-refractivity contribution is -0.122. The SMILES string of the molecule is Cc1ccc(NC(=O)[C@H]2CCCCN2Cc2cccnc2)c(F)c1. The average Bonchev–Trinajstić information content (AvgIpc) is 2.59. The maximum absolute atomic E-state index is 14.0. The highest BCUT2D eigenvalue weighted by atomic mass is 19.1. The second-order valence-electron chi connectivity index (χ2n) is 6.32. The number of rotatable bonds is 4. The number of piperidine rings is 1. The first kappa shape index (κ1) is 16.6. The van der Waals surface area contributed by atoms with Crippen molar-refractivity contribution in [2.24, 2.45) is 0 Å². The van der Waals surface area contributed by atoms with Gasteiger partial charge in [0.2, 0.25) is 5.91 Å². The molecule has 0 unspecified atom stereocenters. The van der Waals surface area contributed by atoms with E-state index in [0.29, 0.717) is 6.54 Å². The zero-order chi connectivity index (χ0) is 16.9. The number of carbonyl (C=O) groups excluding carboxylic acids is 1. The van der Waals surface area contributed by atoms with Crippen LogP contribution < -0.4 is 5.32 Å². The molecule has 0 aliphatic carbocycles. The van der Waals surface area contributed by atoms with E-state index < -0.39 is 5.82 Å². The van der Waals surface area contributed by atoms with Crippen LogP contribution in [0.2, 0.25) is 0 Å². The number of anilines is 1. The minimum absolute atomic E-state index is 0.138. The van der Waals surface area contributed by atoms with Crippen molar-refractivity contribution in [3.8, 4) is 0 Å². The predicted molar refractivity (Wildman–Crippen MR) is 92.1 cm³/mol. The monoisotopic (exact) mass is 327 g/mol. The van der Waals surface area contributed by atoms with Gasteiger partial charge in [-0.15, -0.1) is 0 Å². The van der Waals surface area contributed by atoms with Crippen molar-refractivity contribution < 1.29 is 9.18 Å². The Kier molecular flexibility index (Phi) is 5.20. The van der Waals surface area contributed by atoms with Gasteiger partial charge in [-0.25, -0.2) is 4.39 Å². The van der Waals surface area contributed by atoms with Gasteiger partial charge in [0.1, 0.15) is 5.82 Å². The molecule has 1 fully saturated rings. The molecule has 2 aromatic rings. The van der Waals surface area contributed by atoms with Crippen LogP contribution in [0.5, 0.6) is 0 Å². The van der Waals surface area contributed by atoms with Crippen molar-refractivity contribution >= 4 is 11.6 Å². The number of carbonyl (C=O) groups is 1. The summed E-state index contributed by atoms with van der Waals surface area (Å²) in [7, 11) is 0. The molecular weight excluding hydrogens is 305 g/mol. The van der Waals surface area contributed by atoms with Gasteiger partial charge < -0.3 is 5.32 Å². The van der Waals surface area contributed by atoms with Gasteiger partial charge in [-0.2, -0.15) is 0 Å². The molecular formula is C19H22FN3O. The lowest BCUT2D eigenvalue weighted by Gasteiger charge is -2.34. The molecule has 1 aromatic heterocycles. The number of likely N-dealkylation sites (tertiary alicyclic amines) is 1. The van der Waals surface area contributed by atoms with E-state index in [4.69, 9.17) is 0 Å². The van der Waals surface area contributed by atoms with Crippen LogP contribution >= 0.6 is 0 Å².